The average Bonchev–Trinajstić information content (AvgIpc) is 3.37. The van der Waals surface area contributed by atoms with E-state index in [0.29, 0.717) is 0 Å². The normalized spacial score (nSPS) is 11.5. The predicted octanol–water partition coefficient (Wildman–Crippen LogP) is 5.60. The van der Waals surface area contributed by atoms with Gasteiger partial charge in [-0.05, 0) is 25.2 Å². The largest absolute Gasteiger partial charge is 0.397 e. The number of thioether (sulfide) groups is 1. The van der Waals surface area contributed by atoms with Gasteiger partial charge in [-0.25, -0.2) is 15.0 Å². The van der Waals surface area contributed by atoms with Crippen molar-refractivity contribution >= 4 is 50.3 Å². The van der Waals surface area contributed by atoms with Crippen LogP contribution in [-0.4, -0.2) is 25.3 Å². The van der Waals surface area contributed by atoms with E-state index in [9.17, 15) is 0 Å². The summed E-state index contributed by atoms with van der Waals surface area (Å²) in [6.45, 7) is 4.21. The van der Waals surface area contributed by atoms with Gasteiger partial charge in [0, 0.05) is 29.6 Å². The Balaban J connectivity index is 1.93. The van der Waals surface area contributed by atoms with Crippen LogP contribution < -0.4 is 5.73 Å². The minimum absolute atomic E-state index is 0.836. The zero-order valence-corrected chi connectivity index (χ0v) is 18.0. The molecule has 27 heavy (non-hydrogen) atoms. The van der Waals surface area contributed by atoms with E-state index in [0.717, 1.165) is 53.6 Å². The summed E-state index contributed by atoms with van der Waals surface area (Å²) in [5.74, 6) is 2.05. The standard InChI is InChI=1S/C19H21N5S3/c1-4-5-7-26-19-16(20)15-12(14-10-22-11(2)24(14)3)9-13(23-18(15)27-19)17-21-6-8-25-17/h6,8-10H,4-5,7,20H2,1-3H3. The van der Waals surface area contributed by atoms with Crippen molar-refractivity contribution < 1.29 is 0 Å². The molecular formula is C19H21N5S3. The molecule has 5 nitrogen and oxygen atoms in total. The summed E-state index contributed by atoms with van der Waals surface area (Å²) >= 11 is 5.11. The number of fused-ring (bicyclic) bond motifs is 1. The Bertz CT molecular complexity index is 1080. The van der Waals surface area contributed by atoms with E-state index in [1.54, 1.807) is 22.7 Å². The molecule has 4 rings (SSSR count). The minimum atomic E-state index is 0.836. The second-order valence-corrected chi connectivity index (χ2v) is 9.58. The van der Waals surface area contributed by atoms with E-state index in [1.165, 1.54) is 12.8 Å². The van der Waals surface area contributed by atoms with Crippen molar-refractivity contribution in [1.82, 2.24) is 19.5 Å². The Morgan fingerprint density at radius 2 is 2.15 bits per heavy atom. The quantitative estimate of drug-likeness (QED) is 0.328. The second kappa shape index (κ2) is 7.61. The zero-order chi connectivity index (χ0) is 19.0. The van der Waals surface area contributed by atoms with E-state index < -0.39 is 0 Å². The summed E-state index contributed by atoms with van der Waals surface area (Å²) in [5.41, 5.74) is 10.4. The summed E-state index contributed by atoms with van der Waals surface area (Å²) in [6, 6.07) is 2.10. The molecule has 0 atom stereocenters. The fourth-order valence-corrected chi connectivity index (χ4v) is 5.98. The van der Waals surface area contributed by atoms with Crippen LogP contribution in [0.1, 0.15) is 25.6 Å². The van der Waals surface area contributed by atoms with Crippen molar-refractivity contribution in [3.05, 3.63) is 29.7 Å². The average molecular weight is 416 g/mol. The maximum Gasteiger partial charge on any atom is 0.141 e. The fourth-order valence-electron chi connectivity index (χ4n) is 2.93. The SMILES string of the molecule is CCCCSc1sc2nc(-c3nccs3)cc(-c3cnc(C)n3C)c2c1N. The molecule has 0 unspecified atom stereocenters. The first-order valence-corrected chi connectivity index (χ1v) is 11.5. The van der Waals surface area contributed by atoms with Crippen molar-refractivity contribution in [2.45, 2.75) is 30.9 Å². The minimum Gasteiger partial charge on any atom is -0.397 e. The van der Waals surface area contributed by atoms with Crippen molar-refractivity contribution in [1.29, 1.82) is 0 Å². The second-order valence-electron chi connectivity index (χ2n) is 6.33. The van der Waals surface area contributed by atoms with Gasteiger partial charge in [0.25, 0.3) is 0 Å². The van der Waals surface area contributed by atoms with E-state index in [1.807, 2.05) is 43.5 Å². The molecule has 0 saturated carbocycles. The Hall–Kier alpha value is -1.90. The van der Waals surface area contributed by atoms with Crippen molar-refractivity contribution in [3.63, 3.8) is 0 Å². The molecule has 4 heterocycles. The number of thiophene rings is 1. The first-order chi connectivity index (χ1) is 13.1. The lowest BCUT2D eigenvalue weighted by molar-refractivity contribution is 0.865. The molecule has 4 aromatic heterocycles. The summed E-state index contributed by atoms with van der Waals surface area (Å²) in [6.07, 6.45) is 6.10. The highest BCUT2D eigenvalue weighted by Crippen LogP contribution is 2.45. The van der Waals surface area contributed by atoms with Crippen LogP contribution in [0, 0.1) is 6.92 Å². The van der Waals surface area contributed by atoms with Gasteiger partial charge in [-0.3, -0.25) is 0 Å². The molecule has 0 aliphatic carbocycles. The molecule has 8 heteroatoms. The van der Waals surface area contributed by atoms with Gasteiger partial charge in [-0.1, -0.05) is 13.3 Å². The van der Waals surface area contributed by atoms with Gasteiger partial charge in [-0.2, -0.15) is 0 Å². The Kier molecular flexibility index (Phi) is 5.21. The number of nitrogen functional groups attached to an aromatic ring is 1. The molecule has 0 aliphatic heterocycles. The van der Waals surface area contributed by atoms with Crippen molar-refractivity contribution in [2.24, 2.45) is 7.05 Å². The van der Waals surface area contributed by atoms with Gasteiger partial charge in [0.15, 0.2) is 0 Å². The number of pyridine rings is 1. The lowest BCUT2D eigenvalue weighted by atomic mass is 10.1. The Morgan fingerprint density at radius 1 is 1.30 bits per heavy atom. The van der Waals surface area contributed by atoms with Crippen LogP contribution in [0.4, 0.5) is 5.69 Å². The number of nitrogens with two attached hydrogens (primary N) is 1. The number of aryl methyl sites for hydroxylation is 1. The molecule has 0 radical (unpaired) electrons. The van der Waals surface area contributed by atoms with Gasteiger partial charge in [-0.15, -0.1) is 34.4 Å². The monoisotopic (exact) mass is 415 g/mol. The molecule has 2 N–H and O–H groups in total. The third-order valence-corrected chi connectivity index (χ3v) is 7.81. The number of imidazole rings is 1. The Morgan fingerprint density at radius 3 is 2.81 bits per heavy atom. The number of aromatic nitrogens is 4. The van der Waals surface area contributed by atoms with E-state index in [2.05, 4.69) is 27.5 Å². The highest BCUT2D eigenvalue weighted by Gasteiger charge is 2.20. The van der Waals surface area contributed by atoms with Gasteiger partial charge >= 0.3 is 0 Å². The van der Waals surface area contributed by atoms with E-state index >= 15 is 0 Å². The van der Waals surface area contributed by atoms with Gasteiger partial charge in [0.2, 0.25) is 0 Å². The molecule has 0 bridgehead atoms. The number of rotatable bonds is 6. The smallest absolute Gasteiger partial charge is 0.141 e. The number of anilines is 1. The molecule has 0 saturated heterocycles. The number of hydrogen-bond acceptors (Lipinski definition) is 7. The molecule has 0 aliphatic rings. The number of unbranched alkanes of at least 4 members (excludes halogenated alkanes) is 1. The van der Waals surface area contributed by atoms with E-state index in [4.69, 9.17) is 10.7 Å². The Labute approximate surface area is 170 Å². The molecule has 0 spiro atoms. The third kappa shape index (κ3) is 3.37. The van der Waals surface area contributed by atoms with Crippen molar-refractivity contribution in [2.75, 3.05) is 11.5 Å². The van der Waals surface area contributed by atoms with Crippen LogP contribution in [0.3, 0.4) is 0 Å². The van der Waals surface area contributed by atoms with E-state index in [-0.39, 0.29) is 0 Å². The van der Waals surface area contributed by atoms with Crippen LogP contribution in [-0.2, 0) is 7.05 Å². The fraction of sp³-hybridized carbons (Fsp3) is 0.316. The lowest BCUT2D eigenvalue weighted by Gasteiger charge is -2.08. The maximum atomic E-state index is 6.59. The topological polar surface area (TPSA) is 69.6 Å². The molecule has 0 fully saturated rings. The van der Waals surface area contributed by atoms with Crippen LogP contribution in [0.2, 0.25) is 0 Å². The highest BCUT2D eigenvalue weighted by molar-refractivity contribution is 8.01. The molecule has 140 valence electrons. The molecule has 4 aromatic rings. The first kappa shape index (κ1) is 18.5. The van der Waals surface area contributed by atoms with Gasteiger partial charge in [0.05, 0.1) is 21.8 Å². The molecular weight excluding hydrogens is 394 g/mol. The maximum absolute atomic E-state index is 6.59. The van der Waals surface area contributed by atoms with Crippen LogP contribution in [0.25, 0.3) is 32.2 Å². The predicted molar refractivity (Wildman–Crippen MR) is 118 cm³/mol. The summed E-state index contributed by atoms with van der Waals surface area (Å²) in [5, 5.41) is 3.93. The number of nitrogens with zero attached hydrogens (tertiary/aromatic N) is 4. The number of hydrogen-bond donors (Lipinski definition) is 1. The molecule has 0 amide bonds. The zero-order valence-electron chi connectivity index (χ0n) is 15.5. The van der Waals surface area contributed by atoms with Crippen molar-refractivity contribution in [3.8, 4) is 22.0 Å². The molecule has 0 aromatic carbocycles. The lowest BCUT2D eigenvalue weighted by Crippen LogP contribution is -1.97. The first-order valence-electron chi connectivity index (χ1n) is 8.84. The summed E-state index contributed by atoms with van der Waals surface area (Å²) in [7, 11) is 2.03. The van der Waals surface area contributed by atoms with Crippen LogP contribution in [0.15, 0.2) is 28.0 Å². The third-order valence-electron chi connectivity index (χ3n) is 4.54. The number of thiazole rings is 1. The highest BCUT2D eigenvalue weighted by atomic mass is 32.2. The van der Waals surface area contributed by atoms with Crippen LogP contribution in [0.5, 0.6) is 0 Å². The van der Waals surface area contributed by atoms with Gasteiger partial charge < -0.3 is 10.3 Å². The van der Waals surface area contributed by atoms with Gasteiger partial charge in [0.1, 0.15) is 21.4 Å². The van der Waals surface area contributed by atoms with Crippen LogP contribution >= 0.6 is 34.4 Å². The summed E-state index contributed by atoms with van der Waals surface area (Å²) < 4.78 is 3.25. The summed E-state index contributed by atoms with van der Waals surface area (Å²) in [4.78, 5) is 14.8.